The fourth-order valence-corrected chi connectivity index (χ4v) is 3.72. The molecule has 0 radical (unpaired) electrons. The number of ether oxygens (including phenoxy) is 1. The van der Waals surface area contributed by atoms with Crippen molar-refractivity contribution in [2.45, 2.75) is 30.9 Å². The van der Waals surface area contributed by atoms with E-state index in [-0.39, 0.29) is 25.0 Å². The summed E-state index contributed by atoms with van der Waals surface area (Å²) in [6.07, 6.45) is 1.34. The van der Waals surface area contributed by atoms with Crippen LogP contribution in [0, 0.1) is 11.3 Å². The second kappa shape index (κ2) is 7.41. The van der Waals surface area contributed by atoms with Crippen molar-refractivity contribution in [3.8, 4) is 6.07 Å². The molecule has 9 nitrogen and oxygen atoms in total. The van der Waals surface area contributed by atoms with Crippen LogP contribution in [-0.4, -0.2) is 38.6 Å². The predicted octanol–water partition coefficient (Wildman–Crippen LogP) is 2.34. The topological polar surface area (TPSA) is 133 Å². The first-order valence-corrected chi connectivity index (χ1v) is 9.18. The normalized spacial score (nSPS) is 21.6. The number of hydrogen-bond donors (Lipinski definition) is 3. The molecule has 3 heterocycles. The zero-order valence-electron chi connectivity index (χ0n) is 15.5. The number of nitrogens with zero attached hydrogens (tertiary/aromatic N) is 3. The van der Waals surface area contributed by atoms with Crippen LogP contribution in [0.4, 0.5) is 11.5 Å². The number of carboxylic acids is 1. The number of anilines is 2. The molecule has 9 heteroatoms. The van der Waals surface area contributed by atoms with Gasteiger partial charge in [-0.2, -0.15) is 10.4 Å². The van der Waals surface area contributed by atoms with Crippen LogP contribution in [0.5, 0.6) is 0 Å². The van der Waals surface area contributed by atoms with Gasteiger partial charge in [0.2, 0.25) is 0 Å². The zero-order chi connectivity index (χ0) is 20.4. The maximum Gasteiger partial charge on any atom is 0.332 e. The second-order valence-corrected chi connectivity index (χ2v) is 7.05. The molecule has 148 valence electrons. The molecule has 1 aliphatic heterocycles. The highest BCUT2D eigenvalue weighted by atomic mass is 16.5. The molecule has 1 fully saturated rings. The SMILES string of the molecule is N#CCC1(n2nc(Nc3ccccc3)c3c(=O)[nH]ccc32)CCC(C(=O)O)OC1. The molecule has 2 atom stereocenters. The Hall–Kier alpha value is -3.64. The Balaban J connectivity index is 1.82. The van der Waals surface area contributed by atoms with Gasteiger partial charge >= 0.3 is 5.97 Å². The van der Waals surface area contributed by atoms with E-state index in [1.165, 1.54) is 6.20 Å². The predicted molar refractivity (Wildman–Crippen MR) is 105 cm³/mol. The van der Waals surface area contributed by atoms with Gasteiger partial charge in [-0.15, -0.1) is 0 Å². The van der Waals surface area contributed by atoms with E-state index in [0.29, 0.717) is 23.1 Å². The van der Waals surface area contributed by atoms with Gasteiger partial charge in [-0.3, -0.25) is 9.48 Å². The van der Waals surface area contributed by atoms with E-state index in [2.05, 4.69) is 21.5 Å². The lowest BCUT2D eigenvalue weighted by atomic mass is 9.87. The van der Waals surface area contributed by atoms with Gasteiger partial charge in [-0.1, -0.05) is 18.2 Å². The van der Waals surface area contributed by atoms with Crippen LogP contribution in [0.3, 0.4) is 0 Å². The number of aromatic nitrogens is 3. The van der Waals surface area contributed by atoms with E-state index in [1.807, 2.05) is 30.3 Å². The minimum Gasteiger partial charge on any atom is -0.479 e. The van der Waals surface area contributed by atoms with Crippen molar-refractivity contribution in [2.24, 2.45) is 0 Å². The summed E-state index contributed by atoms with van der Waals surface area (Å²) in [5, 5.41) is 26.8. The number of H-pyrrole nitrogens is 1. The lowest BCUT2D eigenvalue weighted by molar-refractivity contribution is -0.158. The Morgan fingerprint density at radius 2 is 2.21 bits per heavy atom. The first-order chi connectivity index (χ1) is 14.0. The highest BCUT2D eigenvalue weighted by Crippen LogP contribution is 2.37. The minimum absolute atomic E-state index is 0.0197. The summed E-state index contributed by atoms with van der Waals surface area (Å²) in [6.45, 7) is 0.0197. The van der Waals surface area contributed by atoms with Crippen molar-refractivity contribution in [1.82, 2.24) is 14.8 Å². The van der Waals surface area contributed by atoms with Crippen LogP contribution in [0.15, 0.2) is 47.4 Å². The Morgan fingerprint density at radius 1 is 1.41 bits per heavy atom. The number of para-hydroxylation sites is 1. The standard InChI is InChI=1S/C20H19N5O4/c21-10-9-20(8-6-15(19(27)28)29-12-20)25-14-7-11-22-18(26)16(14)17(24-25)23-13-4-2-1-3-5-13/h1-5,7,11,15H,6,8-9,12H2,(H,22,26)(H,23,24)(H,27,28). The number of aliphatic carboxylic acids is 1. The maximum atomic E-state index is 12.6. The molecule has 0 amide bonds. The van der Waals surface area contributed by atoms with Gasteiger partial charge in [-0.25, -0.2) is 4.79 Å². The van der Waals surface area contributed by atoms with Crippen LogP contribution in [0.1, 0.15) is 19.3 Å². The van der Waals surface area contributed by atoms with Gasteiger partial charge in [0.15, 0.2) is 11.9 Å². The van der Waals surface area contributed by atoms with E-state index in [1.54, 1.807) is 10.7 Å². The average Bonchev–Trinajstić information content (AvgIpc) is 3.10. The molecule has 0 bridgehead atoms. The average molecular weight is 393 g/mol. The molecule has 1 aliphatic rings. The molecule has 4 rings (SSSR count). The van der Waals surface area contributed by atoms with Crippen LogP contribution in [0.2, 0.25) is 0 Å². The van der Waals surface area contributed by atoms with Crippen LogP contribution >= 0.6 is 0 Å². The third-order valence-corrected chi connectivity index (χ3v) is 5.20. The summed E-state index contributed by atoms with van der Waals surface area (Å²) < 4.78 is 7.19. The Labute approximate surface area is 165 Å². The first kappa shape index (κ1) is 18.7. The Bertz CT molecular complexity index is 1140. The molecule has 3 N–H and O–H groups in total. The van der Waals surface area contributed by atoms with Crippen molar-refractivity contribution in [2.75, 3.05) is 11.9 Å². The second-order valence-electron chi connectivity index (χ2n) is 7.05. The van der Waals surface area contributed by atoms with E-state index in [4.69, 9.17) is 4.74 Å². The number of rotatable bonds is 5. The molecule has 29 heavy (non-hydrogen) atoms. The number of hydrogen-bond acceptors (Lipinski definition) is 6. The fraction of sp³-hybridized carbons (Fsp3) is 0.300. The molecular formula is C20H19N5O4. The molecular weight excluding hydrogens is 374 g/mol. The third kappa shape index (κ3) is 3.34. The van der Waals surface area contributed by atoms with Crippen LogP contribution in [-0.2, 0) is 15.1 Å². The van der Waals surface area contributed by atoms with Gasteiger partial charge in [0.05, 0.1) is 30.2 Å². The number of aromatic amines is 1. The van der Waals surface area contributed by atoms with Crippen molar-refractivity contribution in [1.29, 1.82) is 5.26 Å². The molecule has 2 unspecified atom stereocenters. The van der Waals surface area contributed by atoms with Gasteiger partial charge < -0.3 is 20.1 Å². The van der Waals surface area contributed by atoms with E-state index < -0.39 is 17.6 Å². The highest BCUT2D eigenvalue weighted by Gasteiger charge is 2.42. The van der Waals surface area contributed by atoms with E-state index in [9.17, 15) is 20.0 Å². The molecule has 0 aliphatic carbocycles. The van der Waals surface area contributed by atoms with Crippen LogP contribution < -0.4 is 10.9 Å². The monoisotopic (exact) mass is 393 g/mol. The lowest BCUT2D eigenvalue weighted by Crippen LogP contribution is -2.46. The number of nitriles is 1. The van der Waals surface area contributed by atoms with Crippen molar-refractivity contribution in [3.05, 3.63) is 52.9 Å². The molecule has 0 saturated carbocycles. The lowest BCUT2D eigenvalue weighted by Gasteiger charge is -2.38. The highest BCUT2D eigenvalue weighted by molar-refractivity contribution is 5.91. The summed E-state index contributed by atoms with van der Waals surface area (Å²) in [7, 11) is 0. The van der Waals surface area contributed by atoms with Crippen molar-refractivity contribution in [3.63, 3.8) is 0 Å². The van der Waals surface area contributed by atoms with Gasteiger partial charge in [0, 0.05) is 11.9 Å². The Kier molecular flexibility index (Phi) is 4.78. The van der Waals surface area contributed by atoms with Crippen LogP contribution in [0.25, 0.3) is 10.9 Å². The number of nitrogens with one attached hydrogen (secondary N) is 2. The summed E-state index contributed by atoms with van der Waals surface area (Å²) in [5.41, 5.74) is 0.158. The maximum absolute atomic E-state index is 12.6. The number of pyridine rings is 1. The van der Waals surface area contributed by atoms with E-state index in [0.717, 1.165) is 5.69 Å². The number of benzene rings is 1. The first-order valence-electron chi connectivity index (χ1n) is 9.18. The summed E-state index contributed by atoms with van der Waals surface area (Å²) in [4.78, 5) is 26.5. The minimum atomic E-state index is -1.02. The zero-order valence-corrected chi connectivity index (χ0v) is 15.5. The fourth-order valence-electron chi connectivity index (χ4n) is 3.72. The molecule has 0 spiro atoms. The quantitative estimate of drug-likeness (QED) is 0.606. The van der Waals surface area contributed by atoms with Gasteiger partial charge in [-0.05, 0) is 31.0 Å². The number of carboxylic acid groups (broad SMARTS) is 1. The van der Waals surface area contributed by atoms with E-state index >= 15 is 0 Å². The van der Waals surface area contributed by atoms with Gasteiger partial charge in [0.1, 0.15) is 5.39 Å². The van der Waals surface area contributed by atoms with Crippen molar-refractivity contribution >= 4 is 28.4 Å². The molecule has 1 saturated heterocycles. The summed E-state index contributed by atoms with van der Waals surface area (Å²) >= 11 is 0. The molecule has 3 aromatic rings. The summed E-state index contributed by atoms with van der Waals surface area (Å²) in [5.74, 6) is -0.658. The molecule has 1 aromatic carbocycles. The largest absolute Gasteiger partial charge is 0.479 e. The number of fused-ring (bicyclic) bond motifs is 1. The summed E-state index contributed by atoms with van der Waals surface area (Å²) in [6, 6.07) is 13.2. The molecule has 2 aromatic heterocycles. The Morgan fingerprint density at radius 3 is 2.86 bits per heavy atom. The smallest absolute Gasteiger partial charge is 0.332 e. The third-order valence-electron chi connectivity index (χ3n) is 5.20. The van der Waals surface area contributed by atoms with Gasteiger partial charge in [0.25, 0.3) is 5.56 Å². The number of carbonyl (C=O) groups is 1. The van der Waals surface area contributed by atoms with Crippen molar-refractivity contribution < 1.29 is 14.6 Å².